The first-order valence-electron chi connectivity index (χ1n) is 14.5. The topological polar surface area (TPSA) is 201 Å². The molecule has 11 nitrogen and oxygen atoms in total. The summed E-state index contributed by atoms with van der Waals surface area (Å²) in [4.78, 5) is 0. The number of rotatable bonds is 5. The summed E-state index contributed by atoms with van der Waals surface area (Å²) in [6.07, 6.45) is -7.76. The van der Waals surface area contributed by atoms with E-state index in [0.717, 1.165) is 11.1 Å². The number of phenolic OH excluding ortho intramolecular Hbond substituents is 5. The van der Waals surface area contributed by atoms with Gasteiger partial charge in [-0.25, -0.2) is 0 Å². The Kier molecular flexibility index (Phi) is 7.03. The maximum atomic E-state index is 11.3. The standard InChI is InChI=1S/C34H32O11/c35-13-24-31(41)32(42)33(43)34(45-24)44-23-12-19(39)10-21-28(23)30-20-9-18(38)11-22(40)27(20)25(14-1-5-16(36)6-2-14)29(21)26(30)15-3-7-17(37)8-4-15/h1-12,24-26,29-43H,13H2. The van der Waals surface area contributed by atoms with E-state index in [1.54, 1.807) is 60.7 Å². The van der Waals surface area contributed by atoms with Crippen LogP contribution in [0.25, 0.3) is 0 Å². The van der Waals surface area contributed by atoms with Crippen LogP contribution in [0.2, 0.25) is 0 Å². The fourth-order valence-electron chi connectivity index (χ4n) is 7.52. The van der Waals surface area contributed by atoms with Crippen LogP contribution in [0.1, 0.15) is 57.1 Å². The lowest BCUT2D eigenvalue weighted by Crippen LogP contribution is -2.60. The van der Waals surface area contributed by atoms with Crippen molar-refractivity contribution in [3.63, 3.8) is 0 Å². The molecular weight excluding hydrogens is 584 g/mol. The molecule has 9 unspecified atom stereocenters. The van der Waals surface area contributed by atoms with Crippen LogP contribution in [0.15, 0.2) is 72.8 Å². The van der Waals surface area contributed by atoms with Crippen molar-refractivity contribution in [3.8, 4) is 34.5 Å². The summed E-state index contributed by atoms with van der Waals surface area (Å²) in [6, 6.07) is 19.0. The summed E-state index contributed by atoms with van der Waals surface area (Å²) in [5, 5.41) is 94.4. The quantitative estimate of drug-likeness (QED) is 0.160. The Morgan fingerprint density at radius 2 is 1.18 bits per heavy atom. The van der Waals surface area contributed by atoms with E-state index in [0.29, 0.717) is 22.3 Å². The highest BCUT2D eigenvalue weighted by atomic mass is 16.7. The maximum Gasteiger partial charge on any atom is 0.229 e. The monoisotopic (exact) mass is 616 g/mol. The van der Waals surface area contributed by atoms with Crippen LogP contribution in [-0.4, -0.2) is 83.3 Å². The number of aromatic hydroxyl groups is 5. The van der Waals surface area contributed by atoms with Gasteiger partial charge in [-0.2, -0.15) is 0 Å². The van der Waals surface area contributed by atoms with Crippen LogP contribution in [0, 0.1) is 0 Å². The van der Waals surface area contributed by atoms with Crippen LogP contribution in [-0.2, 0) is 4.74 Å². The summed E-state index contributed by atoms with van der Waals surface area (Å²) in [5.41, 5.74) is 3.89. The van der Waals surface area contributed by atoms with Gasteiger partial charge >= 0.3 is 0 Å². The highest BCUT2D eigenvalue weighted by Crippen LogP contribution is 2.69. The molecular formula is C34H32O11. The lowest BCUT2D eigenvalue weighted by atomic mass is 9.63. The van der Waals surface area contributed by atoms with Crippen molar-refractivity contribution in [3.05, 3.63) is 106 Å². The lowest BCUT2D eigenvalue weighted by Gasteiger charge is -2.40. The number of hydrogen-bond acceptors (Lipinski definition) is 11. The lowest BCUT2D eigenvalue weighted by molar-refractivity contribution is -0.277. The molecule has 0 amide bonds. The first-order chi connectivity index (χ1) is 21.6. The van der Waals surface area contributed by atoms with Gasteiger partial charge in [0.2, 0.25) is 6.29 Å². The second kappa shape index (κ2) is 10.8. The van der Waals surface area contributed by atoms with Crippen molar-refractivity contribution < 1.29 is 55.4 Å². The Bertz CT molecular complexity index is 1740. The average molecular weight is 617 g/mol. The van der Waals surface area contributed by atoms with Gasteiger partial charge in [0, 0.05) is 46.9 Å². The summed E-state index contributed by atoms with van der Waals surface area (Å²) >= 11 is 0. The number of aliphatic hydroxyl groups excluding tert-OH is 4. The minimum atomic E-state index is -1.71. The third-order valence-electron chi connectivity index (χ3n) is 9.38. The van der Waals surface area contributed by atoms with Gasteiger partial charge in [-0.3, -0.25) is 0 Å². The molecule has 4 aromatic rings. The summed E-state index contributed by atoms with van der Waals surface area (Å²) in [6.45, 7) is -0.656. The Morgan fingerprint density at radius 1 is 0.578 bits per heavy atom. The second-order valence-electron chi connectivity index (χ2n) is 11.9. The van der Waals surface area contributed by atoms with Gasteiger partial charge in [0.05, 0.1) is 6.61 Å². The van der Waals surface area contributed by atoms with Gasteiger partial charge in [0.1, 0.15) is 58.9 Å². The minimum Gasteiger partial charge on any atom is -0.508 e. The van der Waals surface area contributed by atoms with Crippen molar-refractivity contribution >= 4 is 0 Å². The molecule has 0 radical (unpaired) electrons. The Balaban J connectivity index is 1.47. The van der Waals surface area contributed by atoms with Crippen LogP contribution in [0.3, 0.4) is 0 Å². The molecule has 1 fully saturated rings. The fourth-order valence-corrected chi connectivity index (χ4v) is 7.52. The van der Waals surface area contributed by atoms with E-state index in [1.165, 1.54) is 12.1 Å². The first kappa shape index (κ1) is 29.2. The molecule has 0 aromatic heterocycles. The maximum absolute atomic E-state index is 11.3. The molecule has 0 spiro atoms. The number of fused-ring (bicyclic) bond motifs is 7. The zero-order chi connectivity index (χ0) is 31.7. The number of benzene rings is 4. The molecule has 45 heavy (non-hydrogen) atoms. The highest BCUT2D eigenvalue weighted by molar-refractivity contribution is 5.69. The Hall–Kier alpha value is -4.52. The van der Waals surface area contributed by atoms with Crippen LogP contribution >= 0.6 is 0 Å². The van der Waals surface area contributed by atoms with Crippen LogP contribution in [0.5, 0.6) is 34.5 Å². The van der Waals surface area contributed by atoms with Gasteiger partial charge in [-0.1, -0.05) is 24.3 Å². The molecule has 234 valence electrons. The van der Waals surface area contributed by atoms with E-state index in [4.69, 9.17) is 9.47 Å². The smallest absolute Gasteiger partial charge is 0.229 e. The second-order valence-corrected chi connectivity index (χ2v) is 11.9. The predicted octanol–water partition coefficient (Wildman–Crippen LogP) is 2.55. The Labute approximate surface area is 257 Å². The average Bonchev–Trinajstić information content (AvgIpc) is 3.28. The fraction of sp³-hybridized carbons (Fsp3) is 0.294. The largest absolute Gasteiger partial charge is 0.508 e. The van der Waals surface area contributed by atoms with Crippen molar-refractivity contribution in [2.75, 3.05) is 6.61 Å². The first-order valence-corrected chi connectivity index (χ1v) is 14.5. The molecule has 9 N–H and O–H groups in total. The van der Waals surface area contributed by atoms with Gasteiger partial charge in [0.15, 0.2) is 0 Å². The third kappa shape index (κ3) is 4.63. The SMILES string of the molecule is OCC1OC(Oc2cc(O)cc3c2C2c4cc(O)cc(O)c4C(c4ccc(O)cc4)C3C2c2ccc(O)cc2)C(O)C(O)C1O. The van der Waals surface area contributed by atoms with E-state index in [-0.39, 0.29) is 40.4 Å². The number of phenols is 5. The number of ether oxygens (including phenoxy) is 2. The highest BCUT2D eigenvalue weighted by Gasteiger charge is 2.54. The van der Waals surface area contributed by atoms with Gasteiger partial charge < -0.3 is 55.4 Å². The summed E-state index contributed by atoms with van der Waals surface area (Å²) < 4.78 is 11.8. The van der Waals surface area contributed by atoms with Crippen LogP contribution in [0.4, 0.5) is 0 Å². The molecule has 2 bridgehead atoms. The van der Waals surface area contributed by atoms with Gasteiger partial charge in [0.25, 0.3) is 0 Å². The van der Waals surface area contributed by atoms with E-state index >= 15 is 0 Å². The van der Waals surface area contributed by atoms with E-state index in [1.807, 2.05) is 0 Å². The molecule has 1 aliphatic heterocycles. The normalized spacial score (nSPS) is 30.0. The zero-order valence-corrected chi connectivity index (χ0v) is 23.7. The number of hydrogen-bond donors (Lipinski definition) is 9. The molecule has 4 aromatic carbocycles. The molecule has 1 heterocycles. The van der Waals surface area contributed by atoms with E-state index in [2.05, 4.69) is 0 Å². The third-order valence-corrected chi connectivity index (χ3v) is 9.38. The van der Waals surface area contributed by atoms with Gasteiger partial charge in [-0.15, -0.1) is 0 Å². The molecule has 2 aliphatic carbocycles. The molecule has 1 saturated heterocycles. The molecule has 0 saturated carbocycles. The van der Waals surface area contributed by atoms with Gasteiger partial charge in [-0.05, 0) is 58.7 Å². The van der Waals surface area contributed by atoms with Crippen molar-refractivity contribution in [2.45, 2.75) is 54.4 Å². The molecule has 7 rings (SSSR count). The number of aliphatic hydroxyl groups is 4. The molecule has 3 aliphatic rings. The molecule has 11 heteroatoms. The zero-order valence-electron chi connectivity index (χ0n) is 23.7. The predicted molar refractivity (Wildman–Crippen MR) is 158 cm³/mol. The summed E-state index contributed by atoms with van der Waals surface area (Å²) in [7, 11) is 0. The van der Waals surface area contributed by atoms with Crippen molar-refractivity contribution in [1.29, 1.82) is 0 Å². The van der Waals surface area contributed by atoms with Crippen molar-refractivity contribution in [2.24, 2.45) is 0 Å². The minimum absolute atomic E-state index is 0.0531. The van der Waals surface area contributed by atoms with E-state index in [9.17, 15) is 46.0 Å². The van der Waals surface area contributed by atoms with Crippen molar-refractivity contribution in [1.82, 2.24) is 0 Å². The Morgan fingerprint density at radius 3 is 1.82 bits per heavy atom. The molecule has 9 atom stereocenters. The van der Waals surface area contributed by atoms with Crippen LogP contribution < -0.4 is 4.74 Å². The summed E-state index contributed by atoms with van der Waals surface area (Å²) in [5.74, 6) is -2.25. The van der Waals surface area contributed by atoms with E-state index < -0.39 is 55.1 Å².